The Kier molecular flexibility index (Phi) is 4.66. The van der Waals surface area contributed by atoms with Crippen molar-refractivity contribution in [2.45, 2.75) is 29.6 Å². The number of rotatable bonds is 4. The molecule has 0 unspecified atom stereocenters. The Labute approximate surface area is 151 Å². The standard InChI is InChI=1S/C17H15ClO5S2/c1-12-8-10-13(11-9-12)25(21,22)23-16-6-2-5-15-14(16)4-3-7-17(15)24(18,19)20/h3-4,6-11H,2,5H2,1H3. The lowest BCUT2D eigenvalue weighted by atomic mass is 9.96. The van der Waals surface area contributed by atoms with Crippen molar-refractivity contribution in [1.29, 1.82) is 0 Å². The average Bonchev–Trinajstić information content (AvgIpc) is 2.54. The van der Waals surface area contributed by atoms with E-state index in [0.29, 0.717) is 24.0 Å². The zero-order valence-electron chi connectivity index (χ0n) is 13.3. The predicted octanol–water partition coefficient (Wildman–Crippen LogP) is 3.62. The molecule has 0 bridgehead atoms. The third-order valence-electron chi connectivity index (χ3n) is 3.89. The molecule has 0 radical (unpaired) electrons. The lowest BCUT2D eigenvalue weighted by molar-refractivity contribution is 0.460. The van der Waals surface area contributed by atoms with Crippen LogP contribution in [0.2, 0.25) is 0 Å². The van der Waals surface area contributed by atoms with Gasteiger partial charge >= 0.3 is 10.1 Å². The maximum Gasteiger partial charge on any atom is 0.339 e. The summed E-state index contributed by atoms with van der Waals surface area (Å²) in [6, 6.07) is 10.8. The van der Waals surface area contributed by atoms with E-state index in [0.717, 1.165) is 5.56 Å². The summed E-state index contributed by atoms with van der Waals surface area (Å²) >= 11 is 0. The van der Waals surface area contributed by atoms with Crippen molar-refractivity contribution in [3.63, 3.8) is 0 Å². The highest BCUT2D eigenvalue weighted by Gasteiger charge is 2.26. The molecule has 0 fully saturated rings. The van der Waals surface area contributed by atoms with Crippen LogP contribution >= 0.6 is 10.7 Å². The van der Waals surface area contributed by atoms with Gasteiger partial charge in [0.05, 0.1) is 4.90 Å². The van der Waals surface area contributed by atoms with Gasteiger partial charge in [0, 0.05) is 16.2 Å². The summed E-state index contributed by atoms with van der Waals surface area (Å²) in [4.78, 5) is 0.0147. The Morgan fingerprint density at radius 1 is 1.00 bits per heavy atom. The Morgan fingerprint density at radius 2 is 1.68 bits per heavy atom. The van der Waals surface area contributed by atoms with Crippen LogP contribution in [0.3, 0.4) is 0 Å². The molecule has 0 spiro atoms. The molecule has 1 aliphatic carbocycles. The SMILES string of the molecule is Cc1ccc(S(=O)(=O)OC2=CCCc3c2cccc3S(=O)(=O)Cl)cc1. The van der Waals surface area contributed by atoms with Crippen molar-refractivity contribution in [2.24, 2.45) is 0 Å². The van der Waals surface area contributed by atoms with Gasteiger partial charge in [0.1, 0.15) is 10.7 Å². The molecular weight excluding hydrogens is 384 g/mol. The smallest absolute Gasteiger partial charge is 0.339 e. The van der Waals surface area contributed by atoms with Crippen LogP contribution in [0, 0.1) is 6.92 Å². The molecule has 0 saturated carbocycles. The molecule has 1 aliphatic rings. The van der Waals surface area contributed by atoms with Crippen LogP contribution in [-0.2, 0) is 29.8 Å². The van der Waals surface area contributed by atoms with E-state index in [1.807, 2.05) is 6.92 Å². The van der Waals surface area contributed by atoms with Gasteiger partial charge in [-0.2, -0.15) is 8.42 Å². The molecule has 2 aromatic rings. The highest BCUT2D eigenvalue weighted by Crippen LogP contribution is 2.34. The topological polar surface area (TPSA) is 77.5 Å². The van der Waals surface area contributed by atoms with Crippen LogP contribution in [0.5, 0.6) is 0 Å². The Balaban J connectivity index is 2.01. The summed E-state index contributed by atoms with van der Waals surface area (Å²) in [6.45, 7) is 1.85. The molecule has 5 nitrogen and oxygen atoms in total. The number of allylic oxidation sites excluding steroid dienone is 1. The van der Waals surface area contributed by atoms with Crippen LogP contribution in [-0.4, -0.2) is 16.8 Å². The van der Waals surface area contributed by atoms with Crippen LogP contribution < -0.4 is 0 Å². The van der Waals surface area contributed by atoms with Gasteiger partial charge in [-0.15, -0.1) is 0 Å². The van der Waals surface area contributed by atoms with Crippen molar-refractivity contribution in [2.75, 3.05) is 0 Å². The highest BCUT2D eigenvalue weighted by atomic mass is 35.7. The largest absolute Gasteiger partial charge is 0.379 e. The van der Waals surface area contributed by atoms with Gasteiger partial charge in [0.2, 0.25) is 0 Å². The lowest BCUT2D eigenvalue weighted by Crippen LogP contribution is -2.11. The number of fused-ring (bicyclic) bond motifs is 1. The van der Waals surface area contributed by atoms with E-state index >= 15 is 0 Å². The minimum absolute atomic E-state index is 0.0198. The molecule has 0 amide bonds. The minimum atomic E-state index is -4.02. The molecule has 132 valence electrons. The molecule has 0 aliphatic heterocycles. The predicted molar refractivity (Wildman–Crippen MR) is 95.2 cm³/mol. The van der Waals surface area contributed by atoms with Gasteiger partial charge in [0.15, 0.2) is 0 Å². The van der Waals surface area contributed by atoms with E-state index in [9.17, 15) is 16.8 Å². The van der Waals surface area contributed by atoms with Crippen LogP contribution in [0.1, 0.15) is 23.1 Å². The van der Waals surface area contributed by atoms with Crippen molar-refractivity contribution in [1.82, 2.24) is 0 Å². The van der Waals surface area contributed by atoms with E-state index < -0.39 is 19.2 Å². The van der Waals surface area contributed by atoms with Gasteiger partial charge in [-0.25, -0.2) is 8.42 Å². The van der Waals surface area contributed by atoms with Gasteiger partial charge in [-0.3, -0.25) is 0 Å². The fraction of sp³-hybridized carbons (Fsp3) is 0.176. The Bertz CT molecular complexity index is 1050. The molecule has 0 aromatic heterocycles. The van der Waals surface area contributed by atoms with Gasteiger partial charge in [-0.1, -0.05) is 29.8 Å². The monoisotopic (exact) mass is 398 g/mol. The summed E-state index contributed by atoms with van der Waals surface area (Å²) < 4.78 is 53.8. The summed E-state index contributed by atoms with van der Waals surface area (Å²) in [5.74, 6) is 0.115. The number of aryl methyl sites for hydroxylation is 1. The van der Waals surface area contributed by atoms with E-state index in [4.69, 9.17) is 14.9 Å². The third kappa shape index (κ3) is 3.73. The second kappa shape index (κ2) is 6.48. The van der Waals surface area contributed by atoms with E-state index in [-0.39, 0.29) is 15.6 Å². The molecule has 0 N–H and O–H groups in total. The van der Waals surface area contributed by atoms with Gasteiger partial charge < -0.3 is 4.18 Å². The van der Waals surface area contributed by atoms with Crippen LogP contribution in [0.4, 0.5) is 0 Å². The summed E-state index contributed by atoms with van der Waals surface area (Å²) in [6.07, 6.45) is 2.53. The molecule has 8 heteroatoms. The number of halogens is 1. The number of benzene rings is 2. The van der Waals surface area contributed by atoms with Crippen LogP contribution in [0.15, 0.2) is 58.3 Å². The average molecular weight is 399 g/mol. The third-order valence-corrected chi connectivity index (χ3v) is 6.55. The molecule has 3 rings (SSSR count). The molecular formula is C17H15ClO5S2. The van der Waals surface area contributed by atoms with Crippen molar-refractivity contribution in [3.8, 4) is 0 Å². The maximum absolute atomic E-state index is 12.5. The van der Waals surface area contributed by atoms with E-state index in [1.54, 1.807) is 24.3 Å². The lowest BCUT2D eigenvalue weighted by Gasteiger charge is -2.19. The second-order valence-electron chi connectivity index (χ2n) is 5.68. The molecule has 25 heavy (non-hydrogen) atoms. The first kappa shape index (κ1) is 18.0. The fourth-order valence-electron chi connectivity index (χ4n) is 2.69. The van der Waals surface area contributed by atoms with E-state index in [2.05, 4.69) is 0 Å². The molecule has 2 aromatic carbocycles. The molecule has 0 heterocycles. The first-order valence-corrected chi connectivity index (χ1v) is 11.2. The van der Waals surface area contributed by atoms with E-state index in [1.165, 1.54) is 24.3 Å². The second-order valence-corrected chi connectivity index (χ2v) is 9.76. The van der Waals surface area contributed by atoms with Crippen molar-refractivity contribution >= 4 is 35.6 Å². The Morgan fingerprint density at radius 3 is 2.32 bits per heavy atom. The minimum Gasteiger partial charge on any atom is -0.379 e. The Hall–Kier alpha value is -1.83. The maximum atomic E-state index is 12.5. The summed E-state index contributed by atoms with van der Waals surface area (Å²) in [5, 5.41) is 0. The van der Waals surface area contributed by atoms with Gasteiger partial charge in [0.25, 0.3) is 9.05 Å². The zero-order chi connectivity index (χ0) is 18.2. The summed E-state index contributed by atoms with van der Waals surface area (Å²) in [7, 11) is -2.47. The first-order chi connectivity index (χ1) is 11.7. The molecule has 0 atom stereocenters. The van der Waals surface area contributed by atoms with Gasteiger partial charge in [-0.05, 0) is 49.6 Å². The van der Waals surface area contributed by atoms with Crippen molar-refractivity contribution in [3.05, 3.63) is 65.2 Å². The van der Waals surface area contributed by atoms with Crippen LogP contribution in [0.25, 0.3) is 5.76 Å². The fourth-order valence-corrected chi connectivity index (χ4v) is 4.83. The van der Waals surface area contributed by atoms with Crippen molar-refractivity contribution < 1.29 is 21.0 Å². The first-order valence-electron chi connectivity index (χ1n) is 7.47. The molecule has 0 saturated heterocycles. The normalized spacial score (nSPS) is 14.6. The summed E-state index contributed by atoms with van der Waals surface area (Å²) in [5.41, 5.74) is 1.82. The number of hydrogen-bond acceptors (Lipinski definition) is 5. The zero-order valence-corrected chi connectivity index (χ0v) is 15.7. The number of hydrogen-bond donors (Lipinski definition) is 0. The quantitative estimate of drug-likeness (QED) is 0.580. The highest BCUT2D eigenvalue weighted by molar-refractivity contribution is 8.13.